The maximum Gasteiger partial charge on any atom is 0.219 e. The zero-order valence-electron chi connectivity index (χ0n) is 9.21. The smallest absolute Gasteiger partial charge is 0.219 e. The molecule has 5 nitrogen and oxygen atoms in total. The van der Waals surface area contributed by atoms with Gasteiger partial charge in [-0.05, 0) is 42.5 Å². The Hall–Kier alpha value is -1.65. The number of rotatable bonds is 2. The molecule has 3 rings (SSSR count). The Kier molecular flexibility index (Phi) is 2.23. The van der Waals surface area contributed by atoms with Gasteiger partial charge in [-0.15, -0.1) is 5.10 Å². The van der Waals surface area contributed by atoms with Crippen LogP contribution in [0.3, 0.4) is 0 Å². The summed E-state index contributed by atoms with van der Waals surface area (Å²) in [5, 5.41) is 7.97. The van der Waals surface area contributed by atoms with Crippen LogP contribution in [0.5, 0.6) is 0 Å². The van der Waals surface area contributed by atoms with Gasteiger partial charge in [0.25, 0.3) is 0 Å². The highest BCUT2D eigenvalue weighted by molar-refractivity contribution is 5.68. The van der Waals surface area contributed by atoms with Gasteiger partial charge >= 0.3 is 0 Å². The van der Waals surface area contributed by atoms with Crippen LogP contribution in [0.2, 0.25) is 0 Å². The maximum atomic E-state index is 5.78. The molecule has 2 unspecified atom stereocenters. The minimum Gasteiger partial charge on any atom is -0.390 e. The number of pyridine rings is 1. The Bertz CT molecular complexity index is 495. The number of hydrogen-bond acceptors (Lipinski definition) is 4. The average Bonchev–Trinajstić information content (AvgIpc) is 2.87. The molecule has 1 aliphatic rings. The molecule has 0 bridgehead atoms. The third-order valence-electron chi connectivity index (χ3n) is 3.08. The fraction of sp³-hybridized carbons (Fsp3) is 0.545. The molecule has 2 atom stereocenters. The van der Waals surface area contributed by atoms with Crippen LogP contribution >= 0.6 is 0 Å². The topological polar surface area (TPSA) is 52.8 Å². The molecule has 0 aromatic carbocycles. The van der Waals surface area contributed by atoms with E-state index in [9.17, 15) is 0 Å². The summed E-state index contributed by atoms with van der Waals surface area (Å²) in [7, 11) is 0. The first-order chi connectivity index (χ1) is 7.83. The lowest BCUT2D eigenvalue weighted by Gasteiger charge is -2.11. The summed E-state index contributed by atoms with van der Waals surface area (Å²) in [5.74, 6) is 0.743. The number of nitrogens with zero attached hydrogens (tertiary/aromatic N) is 4. The van der Waals surface area contributed by atoms with Crippen LogP contribution in [0.25, 0.3) is 11.2 Å². The monoisotopic (exact) mass is 218 g/mol. The van der Waals surface area contributed by atoms with E-state index < -0.39 is 0 Å². The van der Waals surface area contributed by atoms with E-state index in [1.165, 1.54) is 11.3 Å². The summed E-state index contributed by atoms with van der Waals surface area (Å²) in [6, 6.07) is 3.73. The quantitative estimate of drug-likeness (QED) is 0.765. The molecule has 0 radical (unpaired) electrons. The minimum atomic E-state index is 0.252. The lowest BCUT2D eigenvalue weighted by molar-refractivity contribution is 0.0211. The average molecular weight is 218 g/mol. The molecule has 0 spiro atoms. The lowest BCUT2D eigenvalue weighted by atomic mass is 10.1. The molecule has 2 aromatic heterocycles. The number of fused-ring (bicyclic) bond motifs is 1. The lowest BCUT2D eigenvalue weighted by Crippen LogP contribution is -2.23. The van der Waals surface area contributed by atoms with Crippen molar-refractivity contribution in [2.24, 2.45) is 5.92 Å². The molecule has 0 saturated heterocycles. The van der Waals surface area contributed by atoms with E-state index >= 15 is 0 Å². The van der Waals surface area contributed by atoms with Gasteiger partial charge in [0.15, 0.2) is 0 Å². The molecule has 0 amide bonds. The Morgan fingerprint density at radius 1 is 1.44 bits per heavy atom. The second-order valence-electron chi connectivity index (χ2n) is 4.45. The second-order valence-corrected chi connectivity index (χ2v) is 4.45. The van der Waals surface area contributed by atoms with Crippen LogP contribution < -0.4 is 4.84 Å². The molecule has 1 fully saturated rings. The summed E-state index contributed by atoms with van der Waals surface area (Å²) >= 11 is 0. The van der Waals surface area contributed by atoms with Gasteiger partial charge in [-0.25, -0.2) is 4.98 Å². The molecule has 2 heterocycles. The van der Waals surface area contributed by atoms with E-state index in [2.05, 4.69) is 22.2 Å². The van der Waals surface area contributed by atoms with Crippen LogP contribution in [-0.4, -0.2) is 26.2 Å². The zero-order valence-corrected chi connectivity index (χ0v) is 9.21. The van der Waals surface area contributed by atoms with Crippen LogP contribution in [0.1, 0.15) is 26.2 Å². The largest absolute Gasteiger partial charge is 0.390 e. The van der Waals surface area contributed by atoms with Crippen molar-refractivity contribution >= 4 is 11.2 Å². The van der Waals surface area contributed by atoms with E-state index in [-0.39, 0.29) is 6.10 Å². The van der Waals surface area contributed by atoms with Crippen molar-refractivity contribution < 1.29 is 4.84 Å². The summed E-state index contributed by atoms with van der Waals surface area (Å²) in [5.41, 5.74) is 1.47. The Morgan fingerprint density at radius 2 is 2.38 bits per heavy atom. The second kappa shape index (κ2) is 3.73. The van der Waals surface area contributed by atoms with Gasteiger partial charge in [0.05, 0.1) is 0 Å². The molecular weight excluding hydrogens is 204 g/mol. The van der Waals surface area contributed by atoms with Crippen molar-refractivity contribution in [3.05, 3.63) is 18.3 Å². The predicted octanol–water partition coefficient (Wildman–Crippen LogP) is 1.44. The van der Waals surface area contributed by atoms with E-state index in [0.717, 1.165) is 24.3 Å². The Morgan fingerprint density at radius 3 is 3.19 bits per heavy atom. The van der Waals surface area contributed by atoms with Gasteiger partial charge in [-0.3, -0.25) is 0 Å². The number of hydrogen-bond donors (Lipinski definition) is 0. The highest BCUT2D eigenvalue weighted by Gasteiger charge is 2.24. The van der Waals surface area contributed by atoms with Gasteiger partial charge in [-0.2, -0.15) is 0 Å². The van der Waals surface area contributed by atoms with Gasteiger partial charge in [-0.1, -0.05) is 11.8 Å². The van der Waals surface area contributed by atoms with Crippen molar-refractivity contribution in [1.29, 1.82) is 0 Å². The molecule has 2 aromatic rings. The van der Waals surface area contributed by atoms with Crippen molar-refractivity contribution in [1.82, 2.24) is 20.1 Å². The van der Waals surface area contributed by atoms with Gasteiger partial charge in [0.2, 0.25) is 5.65 Å². The van der Waals surface area contributed by atoms with Crippen molar-refractivity contribution in [2.75, 3.05) is 0 Å². The van der Waals surface area contributed by atoms with E-state index in [0.29, 0.717) is 5.65 Å². The Balaban J connectivity index is 1.84. The highest BCUT2D eigenvalue weighted by Crippen LogP contribution is 2.25. The summed E-state index contributed by atoms with van der Waals surface area (Å²) < 4.78 is 0. The van der Waals surface area contributed by atoms with E-state index in [1.807, 2.05) is 12.1 Å². The third-order valence-corrected chi connectivity index (χ3v) is 3.08. The predicted molar refractivity (Wildman–Crippen MR) is 58.7 cm³/mol. The summed E-state index contributed by atoms with van der Waals surface area (Å²) in [6.45, 7) is 2.25. The Labute approximate surface area is 93.4 Å². The fourth-order valence-corrected chi connectivity index (χ4v) is 2.21. The van der Waals surface area contributed by atoms with Gasteiger partial charge < -0.3 is 4.84 Å². The molecule has 16 heavy (non-hydrogen) atoms. The number of aromatic nitrogens is 4. The van der Waals surface area contributed by atoms with Crippen LogP contribution in [0, 0.1) is 5.92 Å². The summed E-state index contributed by atoms with van der Waals surface area (Å²) in [6.07, 6.45) is 5.39. The first kappa shape index (κ1) is 9.57. The van der Waals surface area contributed by atoms with E-state index in [4.69, 9.17) is 4.84 Å². The first-order valence-electron chi connectivity index (χ1n) is 5.66. The molecule has 5 heteroatoms. The van der Waals surface area contributed by atoms with Crippen LogP contribution in [-0.2, 0) is 0 Å². The summed E-state index contributed by atoms with van der Waals surface area (Å²) in [4.78, 5) is 11.5. The van der Waals surface area contributed by atoms with Crippen LogP contribution in [0.15, 0.2) is 18.3 Å². The normalized spacial score (nSPS) is 25.1. The zero-order chi connectivity index (χ0) is 11.0. The molecule has 1 aliphatic carbocycles. The molecule has 84 valence electrons. The SMILES string of the molecule is CC1CCC(On2nnc3cccnc32)C1. The molecule has 0 N–H and O–H groups in total. The van der Waals surface area contributed by atoms with Crippen molar-refractivity contribution in [3.63, 3.8) is 0 Å². The van der Waals surface area contributed by atoms with Gasteiger partial charge in [0, 0.05) is 6.20 Å². The van der Waals surface area contributed by atoms with Crippen molar-refractivity contribution in [3.8, 4) is 0 Å². The van der Waals surface area contributed by atoms with Crippen molar-refractivity contribution in [2.45, 2.75) is 32.3 Å². The standard InChI is InChI=1S/C11H14N4O/c1-8-4-5-9(7-8)16-15-11-10(13-14-15)3-2-6-12-11/h2-3,6,8-9H,4-5,7H2,1H3. The van der Waals surface area contributed by atoms with Gasteiger partial charge in [0.1, 0.15) is 11.6 Å². The fourth-order valence-electron chi connectivity index (χ4n) is 2.21. The molecule has 0 aliphatic heterocycles. The van der Waals surface area contributed by atoms with Crippen LogP contribution in [0.4, 0.5) is 0 Å². The molecular formula is C11H14N4O. The highest BCUT2D eigenvalue weighted by atomic mass is 16.7. The maximum absolute atomic E-state index is 5.78. The first-order valence-corrected chi connectivity index (χ1v) is 5.66. The molecule has 1 saturated carbocycles. The third kappa shape index (κ3) is 1.62. The minimum absolute atomic E-state index is 0.252. The van der Waals surface area contributed by atoms with E-state index in [1.54, 1.807) is 6.20 Å².